The predicted octanol–water partition coefficient (Wildman–Crippen LogP) is 1.45. The molecule has 28 heavy (non-hydrogen) atoms. The van der Waals surface area contributed by atoms with Gasteiger partial charge in [-0.2, -0.15) is 26.3 Å². The van der Waals surface area contributed by atoms with Crippen molar-refractivity contribution in [3.63, 3.8) is 0 Å². The van der Waals surface area contributed by atoms with Crippen molar-refractivity contribution in [1.29, 1.82) is 0 Å². The van der Waals surface area contributed by atoms with E-state index in [-0.39, 0.29) is 39.5 Å². The summed E-state index contributed by atoms with van der Waals surface area (Å²) in [5, 5.41) is 11.3. The molecule has 2 N–H and O–H groups in total. The summed E-state index contributed by atoms with van der Waals surface area (Å²) in [4.78, 5) is 24.2. The molecule has 164 valence electrons. The van der Waals surface area contributed by atoms with Crippen LogP contribution in [0, 0.1) is 0 Å². The number of rotatable bonds is 8. The Kier molecular flexibility index (Phi) is 9.04. The van der Waals surface area contributed by atoms with Crippen molar-refractivity contribution in [2.24, 2.45) is 0 Å². The Morgan fingerprint density at radius 1 is 1.18 bits per heavy atom. The van der Waals surface area contributed by atoms with Crippen LogP contribution in [0.25, 0.3) is 0 Å². The fourth-order valence-corrected chi connectivity index (χ4v) is 2.48. The minimum Gasteiger partial charge on any atom is -0.480 e. The number of hydrogen-bond acceptors (Lipinski definition) is 6. The number of carboxylic acids is 1. The fourth-order valence-electron chi connectivity index (χ4n) is 2.14. The monoisotopic (exact) mass is 445 g/mol. The largest absolute Gasteiger partial charge is 0.480 e. The van der Waals surface area contributed by atoms with Crippen LogP contribution in [0.1, 0.15) is 0 Å². The molecule has 1 unspecified atom stereocenters. The number of carbonyl (C=O) groups excluding carboxylic acids is 1. The molecule has 0 spiro atoms. The Hall–Kier alpha value is -1.51. The van der Waals surface area contributed by atoms with E-state index in [1.165, 1.54) is 0 Å². The van der Waals surface area contributed by atoms with E-state index in [9.17, 15) is 35.9 Å². The first-order chi connectivity index (χ1) is 12.8. The fraction of sp³-hybridized carbons (Fsp3) is 0.846. The molecule has 0 aliphatic carbocycles. The summed E-state index contributed by atoms with van der Waals surface area (Å²) in [7, 11) is 0. The number of ether oxygens (including phenoxy) is 2. The molecule has 0 bridgehead atoms. The van der Waals surface area contributed by atoms with Gasteiger partial charge in [0.2, 0.25) is 0 Å². The van der Waals surface area contributed by atoms with Gasteiger partial charge in [0.15, 0.2) is 0 Å². The number of halogens is 7. The minimum absolute atomic E-state index is 0.0644. The number of nitrogens with zero attached hydrogens (tertiary/aromatic N) is 2. The molecule has 1 fully saturated rings. The molecule has 8 nitrogen and oxygen atoms in total. The summed E-state index contributed by atoms with van der Waals surface area (Å²) in [5.41, 5.74) is -0.885. The molecule has 1 aliphatic rings. The molecule has 0 aromatic carbocycles. The SMILES string of the molecule is O=C(O)COCCNCN1CCN(C(=O)OC(C(F)(F)F)C(F)(F)F)CC1Cl. The average molecular weight is 446 g/mol. The zero-order chi connectivity index (χ0) is 21.5. The molecule has 1 rings (SSSR count). The summed E-state index contributed by atoms with van der Waals surface area (Å²) in [5.74, 6) is -1.12. The highest BCUT2D eigenvalue weighted by atomic mass is 35.5. The standard InChI is InChI=1S/C13H18ClF6N3O5/c14-8-5-22(11(26)28-10(12(15,16)17)13(18,19)20)2-3-23(8)7-21-1-4-27-6-9(24)25/h8,10,21H,1-7H2,(H,24,25). The van der Waals surface area contributed by atoms with Crippen molar-refractivity contribution in [2.45, 2.75) is 24.0 Å². The second-order valence-corrected chi connectivity index (χ2v) is 6.15. The van der Waals surface area contributed by atoms with Crippen molar-refractivity contribution in [3.8, 4) is 0 Å². The zero-order valence-electron chi connectivity index (χ0n) is 14.2. The van der Waals surface area contributed by atoms with E-state index in [1.807, 2.05) is 0 Å². The lowest BCUT2D eigenvalue weighted by Crippen LogP contribution is -2.56. The topological polar surface area (TPSA) is 91.3 Å². The van der Waals surface area contributed by atoms with E-state index < -0.39 is 42.6 Å². The highest BCUT2D eigenvalue weighted by Crippen LogP contribution is 2.36. The number of carboxylic acid groups (broad SMARTS) is 1. The molecule has 0 saturated carbocycles. The molecule has 0 radical (unpaired) electrons. The van der Waals surface area contributed by atoms with Gasteiger partial charge in [0.25, 0.3) is 6.10 Å². The van der Waals surface area contributed by atoms with E-state index in [0.29, 0.717) is 4.90 Å². The lowest BCUT2D eigenvalue weighted by molar-refractivity contribution is -0.308. The Morgan fingerprint density at radius 3 is 2.29 bits per heavy atom. The third kappa shape index (κ3) is 8.24. The zero-order valence-corrected chi connectivity index (χ0v) is 15.0. The molecule has 0 aromatic rings. The number of aliphatic carboxylic acids is 1. The Labute approximate surface area is 160 Å². The van der Waals surface area contributed by atoms with Gasteiger partial charge in [0.05, 0.1) is 13.2 Å². The quantitative estimate of drug-likeness (QED) is 0.253. The number of amides is 1. The van der Waals surface area contributed by atoms with Crippen LogP contribution in [0.2, 0.25) is 0 Å². The van der Waals surface area contributed by atoms with E-state index in [0.717, 1.165) is 0 Å². The molecular weight excluding hydrogens is 428 g/mol. The molecule has 1 atom stereocenters. The Balaban J connectivity index is 2.44. The Morgan fingerprint density at radius 2 is 1.79 bits per heavy atom. The van der Waals surface area contributed by atoms with Gasteiger partial charge in [-0.25, -0.2) is 9.59 Å². The van der Waals surface area contributed by atoms with Gasteiger partial charge >= 0.3 is 24.4 Å². The van der Waals surface area contributed by atoms with E-state index >= 15 is 0 Å². The first kappa shape index (κ1) is 24.5. The second-order valence-electron chi connectivity index (χ2n) is 5.64. The van der Waals surface area contributed by atoms with Crippen molar-refractivity contribution in [1.82, 2.24) is 15.1 Å². The van der Waals surface area contributed by atoms with E-state index in [4.69, 9.17) is 21.4 Å². The molecule has 1 heterocycles. The normalized spacial score (nSPS) is 19.1. The lowest BCUT2D eigenvalue weighted by atomic mass is 10.3. The first-order valence-electron chi connectivity index (χ1n) is 7.79. The van der Waals surface area contributed by atoms with Crippen LogP contribution < -0.4 is 5.32 Å². The van der Waals surface area contributed by atoms with Crippen LogP contribution in [0.15, 0.2) is 0 Å². The minimum atomic E-state index is -5.79. The molecule has 15 heteroatoms. The Bertz CT molecular complexity index is 522. The highest BCUT2D eigenvalue weighted by Gasteiger charge is 2.60. The van der Waals surface area contributed by atoms with Crippen molar-refractivity contribution >= 4 is 23.7 Å². The molecule has 1 amide bonds. The van der Waals surface area contributed by atoms with Crippen molar-refractivity contribution < 1.29 is 50.5 Å². The number of carbonyl (C=O) groups is 2. The number of hydrogen-bond donors (Lipinski definition) is 2. The van der Waals surface area contributed by atoms with Crippen LogP contribution in [0.5, 0.6) is 0 Å². The highest BCUT2D eigenvalue weighted by molar-refractivity contribution is 6.20. The third-order valence-electron chi connectivity index (χ3n) is 3.46. The second kappa shape index (κ2) is 10.3. The van der Waals surface area contributed by atoms with Gasteiger partial charge in [0, 0.05) is 26.3 Å². The summed E-state index contributed by atoms with van der Waals surface area (Å²) in [6.45, 7) is -0.380. The van der Waals surface area contributed by atoms with Gasteiger partial charge < -0.3 is 24.8 Å². The van der Waals surface area contributed by atoms with Crippen molar-refractivity contribution in [2.75, 3.05) is 46.1 Å². The summed E-state index contributed by atoms with van der Waals surface area (Å²) in [6, 6.07) is 0. The molecular formula is C13H18ClF6N3O5. The van der Waals surface area contributed by atoms with Crippen LogP contribution in [-0.2, 0) is 14.3 Å². The van der Waals surface area contributed by atoms with E-state index in [1.54, 1.807) is 4.90 Å². The number of nitrogens with one attached hydrogen (secondary N) is 1. The van der Waals surface area contributed by atoms with Gasteiger partial charge in [-0.05, 0) is 0 Å². The summed E-state index contributed by atoms with van der Waals surface area (Å²) in [6.07, 6.45) is -17.6. The molecule has 1 aliphatic heterocycles. The van der Waals surface area contributed by atoms with Gasteiger partial charge in [-0.3, -0.25) is 4.90 Å². The van der Waals surface area contributed by atoms with Gasteiger partial charge in [-0.15, -0.1) is 11.6 Å². The maximum Gasteiger partial charge on any atom is 0.434 e. The van der Waals surface area contributed by atoms with Gasteiger partial charge in [-0.1, -0.05) is 0 Å². The number of alkyl halides is 7. The first-order valence-corrected chi connectivity index (χ1v) is 8.23. The van der Waals surface area contributed by atoms with Crippen molar-refractivity contribution in [3.05, 3.63) is 0 Å². The van der Waals surface area contributed by atoms with E-state index in [2.05, 4.69) is 10.1 Å². The molecule has 0 aromatic heterocycles. The summed E-state index contributed by atoms with van der Waals surface area (Å²) >= 11 is 6.00. The number of piperazine rings is 1. The smallest absolute Gasteiger partial charge is 0.434 e. The maximum atomic E-state index is 12.5. The molecule has 1 saturated heterocycles. The van der Waals surface area contributed by atoms with Crippen LogP contribution in [0.3, 0.4) is 0 Å². The van der Waals surface area contributed by atoms with Crippen LogP contribution >= 0.6 is 11.6 Å². The predicted molar refractivity (Wildman–Crippen MR) is 81.6 cm³/mol. The van der Waals surface area contributed by atoms with Crippen LogP contribution in [0.4, 0.5) is 31.1 Å². The summed E-state index contributed by atoms with van der Waals surface area (Å²) < 4.78 is 83.1. The van der Waals surface area contributed by atoms with Gasteiger partial charge in [0.1, 0.15) is 12.1 Å². The lowest BCUT2D eigenvalue weighted by Gasteiger charge is -2.38. The van der Waals surface area contributed by atoms with Crippen LogP contribution in [-0.4, -0.2) is 97.0 Å². The maximum absolute atomic E-state index is 12.5. The average Bonchev–Trinajstić information content (AvgIpc) is 2.54. The third-order valence-corrected chi connectivity index (χ3v) is 3.87.